The van der Waals surface area contributed by atoms with Crippen molar-refractivity contribution >= 4 is 16.7 Å². The fraction of sp³-hybridized carbons (Fsp3) is 0.333. The standard InChI is InChI=1S/C15H19N3O2/c1-10(2)19-7-8-20-15-12(14(16)17)9-11-5-3-4-6-13(11)18-15/h3-6,9-10H,7-8H2,1-2H3,(H3,16,17). The number of hydrogen-bond donors (Lipinski definition) is 2. The van der Waals surface area contributed by atoms with E-state index in [2.05, 4.69) is 4.98 Å². The van der Waals surface area contributed by atoms with Gasteiger partial charge in [0.1, 0.15) is 12.4 Å². The maximum Gasteiger partial charge on any atom is 0.225 e. The van der Waals surface area contributed by atoms with Crippen molar-refractivity contribution in [2.45, 2.75) is 20.0 Å². The van der Waals surface area contributed by atoms with Crippen LogP contribution in [0.25, 0.3) is 10.9 Å². The topological polar surface area (TPSA) is 81.2 Å². The van der Waals surface area contributed by atoms with Gasteiger partial charge in [-0.1, -0.05) is 18.2 Å². The lowest BCUT2D eigenvalue weighted by atomic mass is 10.1. The van der Waals surface area contributed by atoms with Gasteiger partial charge >= 0.3 is 0 Å². The van der Waals surface area contributed by atoms with E-state index in [1.807, 2.05) is 44.2 Å². The van der Waals surface area contributed by atoms with Crippen molar-refractivity contribution in [2.24, 2.45) is 5.73 Å². The van der Waals surface area contributed by atoms with Crippen LogP contribution in [-0.4, -0.2) is 30.1 Å². The summed E-state index contributed by atoms with van der Waals surface area (Å²) < 4.78 is 11.0. The number of ether oxygens (including phenoxy) is 2. The second-order valence-corrected chi connectivity index (χ2v) is 4.72. The summed E-state index contributed by atoms with van der Waals surface area (Å²) in [6, 6.07) is 9.49. The van der Waals surface area contributed by atoms with Gasteiger partial charge in [0.05, 0.1) is 23.8 Å². The van der Waals surface area contributed by atoms with E-state index in [1.54, 1.807) is 0 Å². The summed E-state index contributed by atoms with van der Waals surface area (Å²) in [5.41, 5.74) is 6.91. The molecule has 0 atom stereocenters. The molecule has 1 aromatic heterocycles. The van der Waals surface area contributed by atoms with Gasteiger partial charge in [0.15, 0.2) is 0 Å². The number of nitrogen functional groups attached to an aromatic ring is 1. The fourth-order valence-corrected chi connectivity index (χ4v) is 1.82. The molecule has 20 heavy (non-hydrogen) atoms. The number of hydrogen-bond acceptors (Lipinski definition) is 4. The monoisotopic (exact) mass is 273 g/mol. The first-order valence-corrected chi connectivity index (χ1v) is 6.56. The van der Waals surface area contributed by atoms with E-state index in [-0.39, 0.29) is 11.9 Å². The highest BCUT2D eigenvalue weighted by molar-refractivity contribution is 6.00. The summed E-state index contributed by atoms with van der Waals surface area (Å²) in [6.45, 7) is 4.79. The van der Waals surface area contributed by atoms with Gasteiger partial charge in [-0.25, -0.2) is 4.98 Å². The highest BCUT2D eigenvalue weighted by Crippen LogP contribution is 2.21. The van der Waals surface area contributed by atoms with E-state index in [0.29, 0.717) is 24.7 Å². The molecular formula is C15H19N3O2. The third kappa shape index (κ3) is 3.45. The Labute approximate surface area is 118 Å². The number of rotatable bonds is 6. The quantitative estimate of drug-likeness (QED) is 0.481. The zero-order chi connectivity index (χ0) is 14.5. The molecule has 1 aromatic carbocycles. The molecule has 5 nitrogen and oxygen atoms in total. The van der Waals surface area contributed by atoms with E-state index in [4.69, 9.17) is 20.6 Å². The lowest BCUT2D eigenvalue weighted by molar-refractivity contribution is 0.0543. The Morgan fingerprint density at radius 1 is 1.30 bits per heavy atom. The number of fused-ring (bicyclic) bond motifs is 1. The van der Waals surface area contributed by atoms with Gasteiger partial charge in [-0.3, -0.25) is 5.41 Å². The zero-order valence-corrected chi connectivity index (χ0v) is 11.7. The van der Waals surface area contributed by atoms with Crippen LogP contribution in [0.5, 0.6) is 5.88 Å². The first-order valence-electron chi connectivity index (χ1n) is 6.56. The molecule has 0 aliphatic rings. The Kier molecular flexibility index (Phi) is 4.53. The molecule has 0 spiro atoms. The number of nitrogens with two attached hydrogens (primary N) is 1. The minimum Gasteiger partial charge on any atom is -0.475 e. The zero-order valence-electron chi connectivity index (χ0n) is 11.7. The minimum absolute atomic E-state index is 0.0527. The van der Waals surface area contributed by atoms with Crippen molar-refractivity contribution in [3.8, 4) is 5.88 Å². The van der Waals surface area contributed by atoms with Crippen LogP contribution < -0.4 is 10.5 Å². The number of amidine groups is 1. The largest absolute Gasteiger partial charge is 0.475 e. The molecule has 2 rings (SSSR count). The smallest absolute Gasteiger partial charge is 0.225 e. The van der Waals surface area contributed by atoms with Crippen LogP contribution in [0.2, 0.25) is 0 Å². The molecule has 0 aliphatic heterocycles. The molecule has 0 bridgehead atoms. The first-order chi connectivity index (χ1) is 9.58. The number of nitrogens with one attached hydrogen (secondary N) is 1. The lowest BCUT2D eigenvalue weighted by Gasteiger charge is -2.12. The minimum atomic E-state index is -0.0527. The van der Waals surface area contributed by atoms with Crippen LogP contribution in [-0.2, 0) is 4.74 Å². The van der Waals surface area contributed by atoms with Crippen LogP contribution in [0.15, 0.2) is 30.3 Å². The van der Waals surface area contributed by atoms with E-state index in [9.17, 15) is 0 Å². The van der Waals surface area contributed by atoms with Crippen LogP contribution in [0, 0.1) is 5.41 Å². The van der Waals surface area contributed by atoms with Crippen molar-refractivity contribution < 1.29 is 9.47 Å². The average Bonchev–Trinajstić information content (AvgIpc) is 2.42. The Hall–Kier alpha value is -2.14. The fourth-order valence-electron chi connectivity index (χ4n) is 1.82. The summed E-state index contributed by atoms with van der Waals surface area (Å²) in [7, 11) is 0. The Morgan fingerprint density at radius 2 is 2.05 bits per heavy atom. The van der Waals surface area contributed by atoms with Gasteiger partial charge in [-0.2, -0.15) is 0 Å². The second-order valence-electron chi connectivity index (χ2n) is 4.72. The van der Waals surface area contributed by atoms with Gasteiger partial charge < -0.3 is 15.2 Å². The van der Waals surface area contributed by atoms with Gasteiger partial charge in [0, 0.05) is 5.39 Å². The molecule has 0 saturated carbocycles. The number of para-hydroxylation sites is 1. The molecule has 3 N–H and O–H groups in total. The Morgan fingerprint density at radius 3 is 2.75 bits per heavy atom. The summed E-state index contributed by atoms with van der Waals surface area (Å²) in [4.78, 5) is 4.41. The van der Waals surface area contributed by atoms with Crippen molar-refractivity contribution in [1.82, 2.24) is 4.98 Å². The number of aromatic nitrogens is 1. The van der Waals surface area contributed by atoms with Crippen LogP contribution >= 0.6 is 0 Å². The average molecular weight is 273 g/mol. The molecular weight excluding hydrogens is 254 g/mol. The lowest BCUT2D eigenvalue weighted by Crippen LogP contribution is -2.17. The molecule has 0 amide bonds. The van der Waals surface area contributed by atoms with Crippen molar-refractivity contribution in [1.29, 1.82) is 5.41 Å². The summed E-state index contributed by atoms with van der Waals surface area (Å²) >= 11 is 0. The maximum absolute atomic E-state index is 7.63. The third-order valence-electron chi connectivity index (χ3n) is 2.75. The first kappa shape index (κ1) is 14.3. The Bertz CT molecular complexity index is 611. The highest BCUT2D eigenvalue weighted by atomic mass is 16.5. The predicted molar refractivity (Wildman–Crippen MR) is 79.3 cm³/mol. The molecule has 0 radical (unpaired) electrons. The predicted octanol–water partition coefficient (Wildman–Crippen LogP) is 2.32. The summed E-state index contributed by atoms with van der Waals surface area (Å²) in [5, 5.41) is 8.56. The number of nitrogens with zero attached hydrogens (tertiary/aromatic N) is 1. The normalized spacial score (nSPS) is 10.9. The van der Waals surface area contributed by atoms with Crippen LogP contribution in [0.3, 0.4) is 0 Å². The van der Waals surface area contributed by atoms with Crippen LogP contribution in [0.1, 0.15) is 19.4 Å². The van der Waals surface area contributed by atoms with E-state index in [1.165, 1.54) is 0 Å². The SMILES string of the molecule is CC(C)OCCOc1nc2ccccc2cc1C(=N)N. The second kappa shape index (κ2) is 6.34. The highest BCUT2D eigenvalue weighted by Gasteiger charge is 2.10. The number of pyridine rings is 1. The summed E-state index contributed by atoms with van der Waals surface area (Å²) in [5.74, 6) is 0.326. The van der Waals surface area contributed by atoms with E-state index < -0.39 is 0 Å². The molecule has 2 aromatic rings. The van der Waals surface area contributed by atoms with E-state index in [0.717, 1.165) is 10.9 Å². The summed E-state index contributed by atoms with van der Waals surface area (Å²) in [6.07, 6.45) is 0.162. The molecule has 0 saturated heterocycles. The number of benzene rings is 1. The molecule has 0 fully saturated rings. The third-order valence-corrected chi connectivity index (χ3v) is 2.75. The molecule has 5 heteroatoms. The molecule has 106 valence electrons. The van der Waals surface area contributed by atoms with Gasteiger partial charge in [0.2, 0.25) is 5.88 Å². The molecule has 0 unspecified atom stereocenters. The van der Waals surface area contributed by atoms with Gasteiger partial charge in [-0.05, 0) is 26.0 Å². The molecule has 1 heterocycles. The van der Waals surface area contributed by atoms with Crippen molar-refractivity contribution in [3.05, 3.63) is 35.9 Å². The Balaban J connectivity index is 2.21. The van der Waals surface area contributed by atoms with Crippen LogP contribution in [0.4, 0.5) is 0 Å². The van der Waals surface area contributed by atoms with E-state index >= 15 is 0 Å². The van der Waals surface area contributed by atoms with Gasteiger partial charge in [-0.15, -0.1) is 0 Å². The molecule has 0 aliphatic carbocycles. The van der Waals surface area contributed by atoms with Gasteiger partial charge in [0.25, 0.3) is 0 Å². The maximum atomic E-state index is 7.63. The van der Waals surface area contributed by atoms with Crippen molar-refractivity contribution in [3.63, 3.8) is 0 Å². The van der Waals surface area contributed by atoms with Crippen molar-refractivity contribution in [2.75, 3.05) is 13.2 Å².